The number of hydrogen-bond donors (Lipinski definition) is 2. The highest BCUT2D eigenvalue weighted by molar-refractivity contribution is 7.13. The summed E-state index contributed by atoms with van der Waals surface area (Å²) < 4.78 is 0. The van der Waals surface area contributed by atoms with Crippen LogP contribution in [0.5, 0.6) is 0 Å². The maximum atomic E-state index is 12.2. The molecule has 1 saturated heterocycles. The molecule has 0 bridgehead atoms. The molecule has 1 aliphatic heterocycles. The van der Waals surface area contributed by atoms with Gasteiger partial charge in [-0.15, -0.1) is 36.2 Å². The lowest BCUT2D eigenvalue weighted by atomic mass is 10.1. The Morgan fingerprint density at radius 1 is 1.40 bits per heavy atom. The smallest absolute Gasteiger partial charge is 0.263 e. The molecule has 4 nitrogen and oxygen atoms in total. The number of carbonyl (C=O) groups excluding carboxylic acids is 1. The quantitative estimate of drug-likeness (QED) is 0.886. The Kier molecular flexibility index (Phi) is 9.38. The summed E-state index contributed by atoms with van der Waals surface area (Å²) in [4.78, 5) is 17.4. The lowest BCUT2D eigenvalue weighted by Gasteiger charge is -2.23. The van der Waals surface area contributed by atoms with Gasteiger partial charge >= 0.3 is 0 Å². The van der Waals surface area contributed by atoms with Gasteiger partial charge in [0.05, 0.1) is 10.7 Å². The van der Waals surface area contributed by atoms with Gasteiger partial charge in [0.1, 0.15) is 4.88 Å². The fourth-order valence-electron chi connectivity index (χ4n) is 2.20. The van der Waals surface area contributed by atoms with Gasteiger partial charge in [0.25, 0.3) is 5.91 Å². The molecule has 0 atom stereocenters. The Labute approximate surface area is 137 Å². The molecule has 1 aromatic rings. The van der Waals surface area contributed by atoms with Gasteiger partial charge in [-0.3, -0.25) is 4.79 Å². The van der Waals surface area contributed by atoms with Crippen LogP contribution in [0, 0.1) is 6.92 Å². The van der Waals surface area contributed by atoms with Crippen molar-refractivity contribution in [3.05, 3.63) is 15.6 Å². The molecular formula is C13H23Cl2N3OS. The zero-order chi connectivity index (χ0) is 13.0. The largest absolute Gasteiger partial charge is 0.348 e. The summed E-state index contributed by atoms with van der Waals surface area (Å²) in [5.74, 6) is 0.0549. The van der Waals surface area contributed by atoms with Crippen LogP contribution in [0.25, 0.3) is 0 Å². The SMILES string of the molecule is CCCc1nc(C)c(C(=O)NC2CCNCC2)s1.Cl.Cl. The van der Waals surface area contributed by atoms with Gasteiger partial charge in [0.15, 0.2) is 0 Å². The number of thiazole rings is 1. The highest BCUT2D eigenvalue weighted by Gasteiger charge is 2.20. The van der Waals surface area contributed by atoms with Crippen LogP contribution >= 0.6 is 36.2 Å². The Hall–Kier alpha value is -0.360. The summed E-state index contributed by atoms with van der Waals surface area (Å²) in [7, 11) is 0. The van der Waals surface area contributed by atoms with Gasteiger partial charge < -0.3 is 10.6 Å². The Morgan fingerprint density at radius 2 is 2.05 bits per heavy atom. The molecule has 1 fully saturated rings. The van der Waals surface area contributed by atoms with Gasteiger partial charge in [-0.05, 0) is 45.7 Å². The van der Waals surface area contributed by atoms with Crippen LogP contribution < -0.4 is 10.6 Å². The molecule has 0 radical (unpaired) electrons. The number of hydrogen-bond acceptors (Lipinski definition) is 4. The minimum absolute atomic E-state index is 0. The second kappa shape index (κ2) is 9.55. The zero-order valence-corrected chi connectivity index (χ0v) is 14.3. The summed E-state index contributed by atoms with van der Waals surface area (Å²) in [6.45, 7) is 6.04. The minimum atomic E-state index is 0. The number of aromatic nitrogens is 1. The van der Waals surface area contributed by atoms with E-state index in [1.807, 2.05) is 6.92 Å². The number of aryl methyl sites for hydroxylation is 2. The molecule has 1 aromatic heterocycles. The van der Waals surface area contributed by atoms with E-state index in [4.69, 9.17) is 0 Å². The molecule has 1 aliphatic rings. The van der Waals surface area contributed by atoms with Crippen molar-refractivity contribution in [2.75, 3.05) is 13.1 Å². The number of piperidine rings is 1. The first kappa shape index (κ1) is 19.6. The van der Waals surface area contributed by atoms with Crippen LogP contribution in [-0.2, 0) is 6.42 Å². The van der Waals surface area contributed by atoms with Crippen LogP contribution in [0.4, 0.5) is 0 Å². The fraction of sp³-hybridized carbons (Fsp3) is 0.692. The van der Waals surface area contributed by atoms with E-state index in [0.29, 0.717) is 6.04 Å². The third-order valence-corrected chi connectivity index (χ3v) is 4.40. The van der Waals surface area contributed by atoms with Gasteiger partial charge in [-0.25, -0.2) is 4.98 Å². The van der Waals surface area contributed by atoms with Crippen molar-refractivity contribution in [3.63, 3.8) is 0 Å². The highest BCUT2D eigenvalue weighted by atomic mass is 35.5. The topological polar surface area (TPSA) is 54.0 Å². The van der Waals surface area contributed by atoms with E-state index < -0.39 is 0 Å². The first-order valence-corrected chi connectivity index (χ1v) is 7.50. The summed E-state index contributed by atoms with van der Waals surface area (Å²) in [5, 5.41) is 7.50. The lowest BCUT2D eigenvalue weighted by molar-refractivity contribution is 0.0933. The molecule has 0 aliphatic carbocycles. The van der Waals surface area contributed by atoms with Crippen LogP contribution in [0.3, 0.4) is 0 Å². The van der Waals surface area contributed by atoms with E-state index in [-0.39, 0.29) is 30.7 Å². The van der Waals surface area contributed by atoms with Crippen LogP contribution in [0.2, 0.25) is 0 Å². The van der Waals surface area contributed by atoms with Crippen molar-refractivity contribution in [2.45, 2.75) is 45.6 Å². The zero-order valence-electron chi connectivity index (χ0n) is 11.9. The van der Waals surface area contributed by atoms with Crippen molar-refractivity contribution in [2.24, 2.45) is 0 Å². The van der Waals surface area contributed by atoms with Crippen molar-refractivity contribution >= 4 is 42.1 Å². The van der Waals surface area contributed by atoms with E-state index >= 15 is 0 Å². The van der Waals surface area contributed by atoms with E-state index in [2.05, 4.69) is 22.5 Å². The molecule has 2 heterocycles. The van der Waals surface area contributed by atoms with Crippen molar-refractivity contribution < 1.29 is 4.79 Å². The fourth-order valence-corrected chi connectivity index (χ4v) is 3.27. The minimum Gasteiger partial charge on any atom is -0.348 e. The third-order valence-electron chi connectivity index (χ3n) is 3.19. The van der Waals surface area contributed by atoms with E-state index in [1.165, 1.54) is 0 Å². The van der Waals surface area contributed by atoms with Gasteiger partial charge in [0, 0.05) is 6.04 Å². The molecular weight excluding hydrogens is 317 g/mol. The Balaban J connectivity index is 0.00000180. The average molecular weight is 340 g/mol. The molecule has 2 rings (SSSR count). The molecule has 0 saturated carbocycles. The van der Waals surface area contributed by atoms with Crippen LogP contribution in [0.1, 0.15) is 46.6 Å². The number of nitrogens with one attached hydrogen (secondary N) is 2. The number of carbonyl (C=O) groups is 1. The maximum Gasteiger partial charge on any atom is 0.263 e. The molecule has 20 heavy (non-hydrogen) atoms. The number of rotatable bonds is 4. The predicted molar refractivity (Wildman–Crippen MR) is 88.7 cm³/mol. The third kappa shape index (κ3) is 5.20. The highest BCUT2D eigenvalue weighted by Crippen LogP contribution is 2.19. The molecule has 2 N–H and O–H groups in total. The number of nitrogens with zero attached hydrogens (tertiary/aromatic N) is 1. The van der Waals surface area contributed by atoms with Crippen LogP contribution in [-0.4, -0.2) is 30.0 Å². The Bertz CT molecular complexity index is 420. The average Bonchev–Trinajstić information content (AvgIpc) is 2.72. The molecule has 1 amide bonds. The van der Waals surface area contributed by atoms with Crippen molar-refractivity contribution in [1.29, 1.82) is 0 Å². The standard InChI is InChI=1S/C13H21N3OS.2ClH/c1-3-4-11-15-9(2)12(18-11)13(17)16-10-5-7-14-8-6-10;;/h10,14H,3-8H2,1-2H3,(H,16,17);2*1H. The normalized spacial score (nSPS) is 15.1. The van der Waals surface area contributed by atoms with Crippen LogP contribution in [0.15, 0.2) is 0 Å². The van der Waals surface area contributed by atoms with E-state index in [0.717, 1.165) is 54.4 Å². The molecule has 0 aromatic carbocycles. The summed E-state index contributed by atoms with van der Waals surface area (Å²) in [5.41, 5.74) is 0.870. The Morgan fingerprint density at radius 3 is 2.65 bits per heavy atom. The van der Waals surface area contributed by atoms with E-state index in [9.17, 15) is 4.79 Å². The summed E-state index contributed by atoms with van der Waals surface area (Å²) >= 11 is 1.54. The second-order valence-electron chi connectivity index (χ2n) is 4.77. The maximum absolute atomic E-state index is 12.2. The monoisotopic (exact) mass is 339 g/mol. The van der Waals surface area contributed by atoms with Crippen molar-refractivity contribution in [1.82, 2.24) is 15.6 Å². The van der Waals surface area contributed by atoms with Gasteiger partial charge in [0.2, 0.25) is 0 Å². The van der Waals surface area contributed by atoms with Crippen molar-refractivity contribution in [3.8, 4) is 0 Å². The number of halogens is 2. The first-order valence-electron chi connectivity index (χ1n) is 6.68. The lowest BCUT2D eigenvalue weighted by Crippen LogP contribution is -2.42. The molecule has 0 spiro atoms. The summed E-state index contributed by atoms with van der Waals surface area (Å²) in [6, 6.07) is 0.315. The first-order chi connectivity index (χ1) is 8.70. The van der Waals surface area contributed by atoms with Gasteiger partial charge in [-0.2, -0.15) is 0 Å². The second-order valence-corrected chi connectivity index (χ2v) is 5.85. The molecule has 0 unspecified atom stereocenters. The molecule has 7 heteroatoms. The molecule has 116 valence electrons. The predicted octanol–water partition coefficient (Wildman–Crippen LogP) is 2.73. The van der Waals surface area contributed by atoms with Gasteiger partial charge in [-0.1, -0.05) is 6.92 Å². The summed E-state index contributed by atoms with van der Waals surface area (Å²) in [6.07, 6.45) is 4.07. The van der Waals surface area contributed by atoms with E-state index in [1.54, 1.807) is 11.3 Å². The number of amides is 1.